The molecule has 140 valence electrons. The van der Waals surface area contributed by atoms with E-state index in [0.29, 0.717) is 12.0 Å². The summed E-state index contributed by atoms with van der Waals surface area (Å²) in [5.74, 6) is -0.508. The van der Waals surface area contributed by atoms with Crippen LogP contribution in [0.25, 0.3) is 0 Å². The van der Waals surface area contributed by atoms with Gasteiger partial charge in [-0.15, -0.1) is 0 Å². The fraction of sp³-hybridized carbons (Fsp3) is 0.316. The maximum atomic E-state index is 12.4. The quantitative estimate of drug-likeness (QED) is 0.661. The van der Waals surface area contributed by atoms with Gasteiger partial charge in [0.05, 0.1) is 17.8 Å². The van der Waals surface area contributed by atoms with Gasteiger partial charge in [0.1, 0.15) is 0 Å². The predicted octanol–water partition coefficient (Wildman–Crippen LogP) is 3.52. The van der Waals surface area contributed by atoms with E-state index < -0.39 is 16.1 Å². The highest BCUT2D eigenvalue weighted by atomic mass is 79.9. The monoisotopic (exact) mass is 438 g/mol. The largest absolute Gasteiger partial charge is 0.348 e. The highest BCUT2D eigenvalue weighted by molar-refractivity contribution is 9.10. The van der Waals surface area contributed by atoms with E-state index in [1.165, 1.54) is 0 Å². The zero-order chi connectivity index (χ0) is 19.2. The molecule has 0 fully saturated rings. The van der Waals surface area contributed by atoms with Crippen LogP contribution >= 0.6 is 15.9 Å². The molecule has 5 nitrogen and oxygen atoms in total. The van der Waals surface area contributed by atoms with Crippen LogP contribution in [-0.4, -0.2) is 20.4 Å². The summed E-state index contributed by atoms with van der Waals surface area (Å²) in [5.41, 5.74) is 1.65. The van der Waals surface area contributed by atoms with Gasteiger partial charge in [0.2, 0.25) is 15.9 Å². The summed E-state index contributed by atoms with van der Waals surface area (Å²) in [6, 6.07) is 15.5. The lowest BCUT2D eigenvalue weighted by Crippen LogP contribution is -2.46. The lowest BCUT2D eigenvalue weighted by atomic mass is 10.0. The molecule has 0 aromatic heterocycles. The van der Waals surface area contributed by atoms with Crippen molar-refractivity contribution in [2.24, 2.45) is 0 Å². The third kappa shape index (κ3) is 6.23. The summed E-state index contributed by atoms with van der Waals surface area (Å²) >= 11 is 3.39. The zero-order valence-electron chi connectivity index (χ0n) is 14.8. The standard InChI is InChI=1S/C19H23BrN2O3S/c1-3-18(16-9-11-17(20)12-10-16)21-19(23)14(2)22-26(24,25)13-15-7-5-4-6-8-15/h4-12,14,18,22H,3,13H2,1-2H3,(H,21,23)/t14-,18+/m0/s1. The first-order valence-electron chi connectivity index (χ1n) is 8.40. The third-order valence-corrected chi connectivity index (χ3v) is 5.90. The van der Waals surface area contributed by atoms with E-state index in [1.807, 2.05) is 37.3 Å². The zero-order valence-corrected chi connectivity index (χ0v) is 17.2. The maximum Gasteiger partial charge on any atom is 0.238 e. The minimum Gasteiger partial charge on any atom is -0.348 e. The second-order valence-corrected chi connectivity index (χ2v) is 8.77. The number of nitrogens with one attached hydrogen (secondary N) is 2. The molecule has 2 N–H and O–H groups in total. The Bertz CT molecular complexity index is 824. The lowest BCUT2D eigenvalue weighted by Gasteiger charge is -2.21. The third-order valence-electron chi connectivity index (χ3n) is 3.95. The Labute approximate surface area is 163 Å². The Morgan fingerprint density at radius 2 is 1.69 bits per heavy atom. The Morgan fingerprint density at radius 3 is 2.27 bits per heavy atom. The SMILES string of the molecule is CC[C@@H](NC(=O)[C@H](C)NS(=O)(=O)Cc1ccccc1)c1ccc(Br)cc1. The Morgan fingerprint density at radius 1 is 1.08 bits per heavy atom. The van der Waals surface area contributed by atoms with Crippen molar-refractivity contribution in [3.05, 3.63) is 70.2 Å². The molecule has 26 heavy (non-hydrogen) atoms. The molecule has 2 aromatic carbocycles. The molecule has 0 bridgehead atoms. The number of amides is 1. The smallest absolute Gasteiger partial charge is 0.238 e. The summed E-state index contributed by atoms with van der Waals surface area (Å²) in [7, 11) is -3.61. The molecule has 0 unspecified atom stereocenters. The van der Waals surface area contributed by atoms with E-state index in [0.717, 1.165) is 10.0 Å². The topological polar surface area (TPSA) is 75.3 Å². The summed E-state index contributed by atoms with van der Waals surface area (Å²) in [5, 5.41) is 2.91. The Kier molecular flexibility index (Phi) is 7.37. The normalized spacial score (nSPS) is 13.8. The maximum absolute atomic E-state index is 12.4. The Balaban J connectivity index is 1.98. The van der Waals surface area contributed by atoms with Gasteiger partial charge < -0.3 is 5.32 Å². The van der Waals surface area contributed by atoms with Crippen LogP contribution in [-0.2, 0) is 20.6 Å². The first kappa shape index (κ1) is 20.6. The van der Waals surface area contributed by atoms with Crippen LogP contribution < -0.4 is 10.0 Å². The molecular formula is C19H23BrN2O3S. The molecule has 1 amide bonds. The van der Waals surface area contributed by atoms with E-state index in [-0.39, 0.29) is 17.7 Å². The summed E-state index contributed by atoms with van der Waals surface area (Å²) < 4.78 is 28.0. The fourth-order valence-corrected chi connectivity index (χ4v) is 4.20. The average Bonchev–Trinajstić information content (AvgIpc) is 2.60. The van der Waals surface area contributed by atoms with Gasteiger partial charge in [-0.05, 0) is 36.6 Å². The summed E-state index contributed by atoms with van der Waals surface area (Å²) in [4.78, 5) is 12.4. The highest BCUT2D eigenvalue weighted by Gasteiger charge is 2.22. The molecule has 2 aromatic rings. The molecule has 0 saturated heterocycles. The average molecular weight is 439 g/mol. The van der Waals surface area contributed by atoms with Gasteiger partial charge in [0.15, 0.2) is 0 Å². The number of sulfonamides is 1. The fourth-order valence-electron chi connectivity index (χ4n) is 2.57. The van der Waals surface area contributed by atoms with E-state index in [4.69, 9.17) is 0 Å². The minimum atomic E-state index is -3.61. The number of benzene rings is 2. The van der Waals surface area contributed by atoms with E-state index in [9.17, 15) is 13.2 Å². The molecular weight excluding hydrogens is 416 g/mol. The van der Waals surface area contributed by atoms with Crippen molar-refractivity contribution in [2.75, 3.05) is 0 Å². The number of rotatable bonds is 8. The van der Waals surface area contributed by atoms with Crippen LogP contribution in [0, 0.1) is 0 Å². The molecule has 0 heterocycles. The van der Waals surface area contributed by atoms with Crippen LogP contribution in [0.4, 0.5) is 0 Å². The van der Waals surface area contributed by atoms with Crippen LogP contribution in [0.5, 0.6) is 0 Å². The van der Waals surface area contributed by atoms with Crippen LogP contribution in [0.1, 0.15) is 37.4 Å². The van der Waals surface area contributed by atoms with E-state index in [2.05, 4.69) is 26.0 Å². The van der Waals surface area contributed by atoms with Gasteiger partial charge in [-0.2, -0.15) is 0 Å². The van der Waals surface area contributed by atoms with Crippen LogP contribution in [0.3, 0.4) is 0 Å². The predicted molar refractivity (Wildman–Crippen MR) is 107 cm³/mol. The van der Waals surface area contributed by atoms with Crippen LogP contribution in [0.2, 0.25) is 0 Å². The van der Waals surface area contributed by atoms with Gasteiger partial charge in [-0.1, -0.05) is 65.3 Å². The van der Waals surface area contributed by atoms with Crippen molar-refractivity contribution >= 4 is 31.9 Å². The van der Waals surface area contributed by atoms with Gasteiger partial charge >= 0.3 is 0 Å². The first-order valence-corrected chi connectivity index (χ1v) is 10.8. The first-order chi connectivity index (χ1) is 12.3. The molecule has 7 heteroatoms. The number of hydrogen-bond acceptors (Lipinski definition) is 3. The molecule has 0 radical (unpaired) electrons. The molecule has 0 aliphatic rings. The molecule has 2 rings (SSSR count). The minimum absolute atomic E-state index is 0.157. The summed E-state index contributed by atoms with van der Waals surface area (Å²) in [6.45, 7) is 3.52. The van der Waals surface area contributed by atoms with Crippen molar-refractivity contribution in [3.8, 4) is 0 Å². The summed E-state index contributed by atoms with van der Waals surface area (Å²) in [6.07, 6.45) is 0.705. The number of carbonyl (C=O) groups is 1. The van der Waals surface area contributed by atoms with E-state index in [1.54, 1.807) is 31.2 Å². The number of halogens is 1. The second-order valence-electron chi connectivity index (χ2n) is 6.11. The highest BCUT2D eigenvalue weighted by Crippen LogP contribution is 2.19. The van der Waals surface area contributed by atoms with Crippen molar-refractivity contribution < 1.29 is 13.2 Å². The van der Waals surface area contributed by atoms with Crippen molar-refractivity contribution in [1.29, 1.82) is 0 Å². The van der Waals surface area contributed by atoms with Gasteiger partial charge in [-0.3, -0.25) is 4.79 Å². The van der Waals surface area contributed by atoms with Gasteiger partial charge in [0, 0.05) is 4.47 Å². The number of hydrogen-bond donors (Lipinski definition) is 2. The molecule has 0 aliphatic carbocycles. The molecule has 0 spiro atoms. The van der Waals surface area contributed by atoms with Crippen molar-refractivity contribution in [3.63, 3.8) is 0 Å². The van der Waals surface area contributed by atoms with Gasteiger partial charge in [-0.25, -0.2) is 13.1 Å². The van der Waals surface area contributed by atoms with Crippen molar-refractivity contribution in [2.45, 2.75) is 38.1 Å². The molecule has 0 saturated carbocycles. The van der Waals surface area contributed by atoms with Gasteiger partial charge in [0.25, 0.3) is 0 Å². The lowest BCUT2D eigenvalue weighted by molar-refractivity contribution is -0.123. The van der Waals surface area contributed by atoms with E-state index >= 15 is 0 Å². The van der Waals surface area contributed by atoms with Crippen molar-refractivity contribution in [1.82, 2.24) is 10.0 Å². The molecule has 2 atom stereocenters. The number of carbonyl (C=O) groups excluding carboxylic acids is 1. The second kappa shape index (κ2) is 9.30. The Hall–Kier alpha value is -1.70. The molecule has 0 aliphatic heterocycles. The van der Waals surface area contributed by atoms with Crippen LogP contribution in [0.15, 0.2) is 59.1 Å².